The van der Waals surface area contributed by atoms with Gasteiger partial charge >= 0.3 is 6.18 Å². The molecule has 0 bridgehead atoms. The third-order valence-electron chi connectivity index (χ3n) is 8.80. The van der Waals surface area contributed by atoms with Gasteiger partial charge in [-0.3, -0.25) is 24.0 Å². The second-order valence-electron chi connectivity index (χ2n) is 12.7. The van der Waals surface area contributed by atoms with Crippen LogP contribution in [-0.2, 0) is 49.8 Å². The lowest BCUT2D eigenvalue weighted by molar-refractivity contribution is -0.147. The van der Waals surface area contributed by atoms with Crippen molar-refractivity contribution in [1.82, 2.24) is 19.6 Å². The Bertz CT molecular complexity index is 1680. The Morgan fingerprint density at radius 3 is 1.54 bits per heavy atom. The van der Waals surface area contributed by atoms with Gasteiger partial charge in [-0.05, 0) is 53.8 Å². The summed E-state index contributed by atoms with van der Waals surface area (Å²) in [7, 11) is 0. The molecule has 0 saturated heterocycles. The number of phenols is 1. The number of aromatic hydroxyl groups is 1. The van der Waals surface area contributed by atoms with E-state index in [1.54, 1.807) is 42.5 Å². The predicted octanol–water partition coefficient (Wildman–Crippen LogP) is 3.01. The number of nitrogens with zero attached hydrogens (tertiary/aromatic N) is 4. The van der Waals surface area contributed by atoms with Crippen LogP contribution in [0.15, 0.2) is 78.9 Å². The minimum Gasteiger partial charge on any atom is -0.508 e. The number of phenolic OH excluding ortho intramolecular Hbond substituents is 1. The SMILES string of the molecule is NCC(=O)N(CC(=O)N(CC(=O)N(CC(=O)N(CC(N)=O)Cc1ccccc1)Cc1ccc(O)cc1)Cc1ccc(C(F)(F)F)cc1)C1CCCC1. The van der Waals surface area contributed by atoms with Gasteiger partial charge in [0, 0.05) is 25.7 Å². The van der Waals surface area contributed by atoms with E-state index < -0.39 is 67.5 Å². The van der Waals surface area contributed by atoms with Gasteiger partial charge in [-0.1, -0.05) is 67.4 Å². The number of nitrogens with two attached hydrogens (primary N) is 2. The second-order valence-corrected chi connectivity index (χ2v) is 12.7. The van der Waals surface area contributed by atoms with Gasteiger partial charge in [-0.15, -0.1) is 0 Å². The Kier molecular flexibility index (Phi) is 13.7. The van der Waals surface area contributed by atoms with E-state index in [2.05, 4.69) is 0 Å². The number of alkyl halides is 3. The van der Waals surface area contributed by atoms with Crippen molar-refractivity contribution >= 4 is 29.5 Å². The van der Waals surface area contributed by atoms with Crippen molar-refractivity contribution in [1.29, 1.82) is 0 Å². The molecular weight excluding hydrogens is 681 g/mol. The summed E-state index contributed by atoms with van der Waals surface area (Å²) >= 11 is 0. The summed E-state index contributed by atoms with van der Waals surface area (Å²) in [6, 6.07) is 18.7. The molecule has 0 spiro atoms. The summed E-state index contributed by atoms with van der Waals surface area (Å²) in [5.41, 5.74) is 11.8. The number of amides is 5. The molecule has 1 saturated carbocycles. The van der Waals surface area contributed by atoms with Crippen LogP contribution in [0, 0.1) is 0 Å². The number of benzene rings is 3. The number of hydrogen-bond donors (Lipinski definition) is 3. The first-order chi connectivity index (χ1) is 24.7. The number of carbonyl (C=O) groups excluding carboxylic acids is 5. The van der Waals surface area contributed by atoms with Crippen LogP contribution in [0.2, 0.25) is 0 Å². The maximum Gasteiger partial charge on any atom is 0.416 e. The Morgan fingerprint density at radius 2 is 1.08 bits per heavy atom. The van der Waals surface area contributed by atoms with Gasteiger partial charge in [-0.2, -0.15) is 13.2 Å². The molecule has 12 nitrogen and oxygen atoms in total. The van der Waals surface area contributed by atoms with Gasteiger partial charge < -0.3 is 36.2 Å². The highest BCUT2D eigenvalue weighted by Crippen LogP contribution is 2.29. The number of halogens is 3. The molecule has 0 aromatic heterocycles. The smallest absolute Gasteiger partial charge is 0.416 e. The van der Waals surface area contributed by atoms with Gasteiger partial charge in [0.15, 0.2) is 0 Å². The van der Waals surface area contributed by atoms with Crippen LogP contribution in [0.4, 0.5) is 13.2 Å². The fourth-order valence-electron chi connectivity index (χ4n) is 6.06. The molecule has 0 aliphatic heterocycles. The molecular formula is C37H43F3N6O6. The Hall–Kier alpha value is -5.44. The highest BCUT2D eigenvalue weighted by atomic mass is 19.4. The first kappa shape index (κ1) is 39.3. The van der Waals surface area contributed by atoms with Crippen LogP contribution in [0.1, 0.15) is 47.9 Å². The predicted molar refractivity (Wildman–Crippen MR) is 184 cm³/mol. The van der Waals surface area contributed by atoms with Crippen LogP contribution in [-0.4, -0.2) is 93.0 Å². The van der Waals surface area contributed by atoms with Crippen molar-refractivity contribution in [3.63, 3.8) is 0 Å². The molecule has 0 heterocycles. The minimum absolute atomic E-state index is 0.0224. The molecule has 1 aliphatic carbocycles. The third-order valence-corrected chi connectivity index (χ3v) is 8.80. The van der Waals surface area contributed by atoms with E-state index in [9.17, 15) is 42.3 Å². The number of carbonyl (C=O) groups is 5. The molecule has 52 heavy (non-hydrogen) atoms. The highest BCUT2D eigenvalue weighted by Gasteiger charge is 2.33. The van der Waals surface area contributed by atoms with Crippen LogP contribution in [0.5, 0.6) is 5.75 Å². The van der Waals surface area contributed by atoms with Gasteiger partial charge in [-0.25, -0.2) is 0 Å². The molecule has 3 aromatic carbocycles. The van der Waals surface area contributed by atoms with Gasteiger partial charge in [0.25, 0.3) is 0 Å². The highest BCUT2D eigenvalue weighted by molar-refractivity contribution is 5.91. The second kappa shape index (κ2) is 18.2. The van der Waals surface area contributed by atoms with Crippen LogP contribution < -0.4 is 11.5 Å². The van der Waals surface area contributed by atoms with Crippen LogP contribution in [0.25, 0.3) is 0 Å². The topological polar surface area (TPSA) is 171 Å². The molecule has 5 amide bonds. The Morgan fingerprint density at radius 1 is 0.635 bits per heavy atom. The lowest BCUT2D eigenvalue weighted by Gasteiger charge is -2.33. The lowest BCUT2D eigenvalue weighted by Crippen LogP contribution is -2.51. The summed E-state index contributed by atoms with van der Waals surface area (Å²) in [4.78, 5) is 71.5. The van der Waals surface area contributed by atoms with Gasteiger partial charge in [0.1, 0.15) is 25.4 Å². The number of hydrogen-bond acceptors (Lipinski definition) is 7. The molecule has 0 radical (unpaired) electrons. The average Bonchev–Trinajstić information content (AvgIpc) is 3.65. The summed E-state index contributed by atoms with van der Waals surface area (Å²) < 4.78 is 39.9. The van der Waals surface area contributed by atoms with Crippen LogP contribution in [0.3, 0.4) is 0 Å². The van der Waals surface area contributed by atoms with Gasteiger partial charge in [0.2, 0.25) is 29.5 Å². The van der Waals surface area contributed by atoms with Crippen molar-refractivity contribution in [3.05, 3.63) is 101 Å². The Labute approximate surface area is 299 Å². The average molecular weight is 725 g/mol. The summed E-state index contributed by atoms with van der Waals surface area (Å²) in [6.07, 6.45) is -1.52. The quantitative estimate of drug-likeness (QED) is 0.204. The largest absolute Gasteiger partial charge is 0.508 e. The molecule has 1 fully saturated rings. The lowest BCUT2D eigenvalue weighted by atomic mass is 10.1. The zero-order chi connectivity index (χ0) is 37.8. The van der Waals surface area contributed by atoms with E-state index in [4.69, 9.17) is 11.5 Å². The Balaban J connectivity index is 1.64. The van der Waals surface area contributed by atoms with E-state index in [-0.39, 0.29) is 38.0 Å². The van der Waals surface area contributed by atoms with Gasteiger partial charge in [0.05, 0.1) is 18.7 Å². The maximum absolute atomic E-state index is 14.1. The zero-order valence-corrected chi connectivity index (χ0v) is 28.6. The van der Waals surface area contributed by atoms with E-state index in [0.717, 1.165) is 29.9 Å². The maximum atomic E-state index is 14.1. The number of rotatable bonds is 16. The van der Waals surface area contributed by atoms with E-state index in [1.807, 2.05) is 0 Å². The molecule has 1 aliphatic rings. The first-order valence-corrected chi connectivity index (χ1v) is 16.8. The van der Waals surface area contributed by atoms with Crippen LogP contribution >= 0.6 is 0 Å². The summed E-state index contributed by atoms with van der Waals surface area (Å²) in [5, 5.41) is 9.80. The fraction of sp³-hybridized carbons (Fsp3) is 0.378. The standard InChI is InChI=1S/C37H43F3N6O6/c38-37(39,40)29-14-10-27(11-15-29)20-45(36(52)25-46(33(49)18-41)30-8-4-5-9-30)24-35(51)44(21-28-12-16-31(47)17-13-28)23-34(50)43(22-32(42)48)19-26-6-2-1-3-7-26/h1-3,6-7,10-17,30,47H,4-5,8-9,18-25,41H2,(H2,42,48). The molecule has 0 unspecified atom stereocenters. The molecule has 4 rings (SSSR count). The fourth-order valence-corrected chi connectivity index (χ4v) is 6.06. The van der Waals surface area contributed by atoms with E-state index in [1.165, 1.54) is 39.0 Å². The zero-order valence-electron chi connectivity index (χ0n) is 28.6. The molecule has 5 N–H and O–H groups in total. The van der Waals surface area contributed by atoms with Crippen molar-refractivity contribution in [2.75, 3.05) is 32.7 Å². The molecule has 278 valence electrons. The minimum atomic E-state index is -4.58. The normalized spacial score (nSPS) is 13.0. The number of primary amides is 1. The van der Waals surface area contributed by atoms with Crippen molar-refractivity contribution < 1.29 is 42.3 Å². The van der Waals surface area contributed by atoms with Crippen molar-refractivity contribution in [3.8, 4) is 5.75 Å². The van der Waals surface area contributed by atoms with Crippen molar-refractivity contribution in [2.45, 2.75) is 57.5 Å². The van der Waals surface area contributed by atoms with Crippen molar-refractivity contribution in [2.24, 2.45) is 11.5 Å². The first-order valence-electron chi connectivity index (χ1n) is 16.8. The molecule has 0 atom stereocenters. The van der Waals surface area contributed by atoms with E-state index >= 15 is 0 Å². The summed E-state index contributed by atoms with van der Waals surface area (Å²) in [5.74, 6) is -3.20. The molecule has 3 aromatic rings. The summed E-state index contributed by atoms with van der Waals surface area (Å²) in [6.45, 7) is -2.70. The molecule has 15 heteroatoms. The van der Waals surface area contributed by atoms with E-state index in [0.29, 0.717) is 29.5 Å². The third kappa shape index (κ3) is 11.5. The monoisotopic (exact) mass is 724 g/mol.